The number of hydrogen-bond acceptors (Lipinski definition) is 17. The summed E-state index contributed by atoms with van der Waals surface area (Å²) < 4.78 is 36.4. The van der Waals surface area contributed by atoms with Crippen LogP contribution in [0.4, 0.5) is 0 Å². The molecule has 3 saturated heterocycles. The highest BCUT2D eigenvalue weighted by molar-refractivity contribution is 5.20. The molecule has 7 fully saturated rings. The van der Waals surface area contributed by atoms with Gasteiger partial charge in [-0.1, -0.05) is 46.3 Å². The summed E-state index contributed by atoms with van der Waals surface area (Å²) in [6.07, 6.45) is -14.4. The molecule has 4 saturated carbocycles. The van der Waals surface area contributed by atoms with Crippen LogP contribution in [-0.4, -0.2) is 180 Å². The van der Waals surface area contributed by atoms with Gasteiger partial charge >= 0.3 is 0 Å². The lowest BCUT2D eigenvalue weighted by molar-refractivity contribution is -0.395. The Hall–Kier alpha value is -0.940. The summed E-state index contributed by atoms with van der Waals surface area (Å²) in [5.41, 5.74) is -0.680. The summed E-state index contributed by atoms with van der Waals surface area (Å²) in [5, 5.41) is 120. The number of allylic oxidation sites excluding steroid dienone is 2. The van der Waals surface area contributed by atoms with E-state index in [9.17, 15) is 56.2 Å². The standard InChI is InChI=1S/C47H80O17/c1-22(2)10-9-14-47(8,58)23-11-16-46(7)31(23)24(50)18-29-44(5)15-13-30(43(3,4)28(44)12-17-45(29,46)6)62-41-38(35(55)33(53)26(19-48)60-41)64-42-39(36(56)34(54)27(20-49)61-42)63-40-37(57)32(52)25(51)21-59-40/h10,23-42,48-58H,9,11-21H2,1-8H3/t23-,24+,25+,26+,27+,28-,29+,30-,31-,32-,33+,34+,35-,36-,37+,38+,39+,40-,41-,42-,44-,45+,46+,47-/m0/s1. The fraction of sp³-hybridized carbons (Fsp3) is 0.957. The van der Waals surface area contributed by atoms with E-state index in [2.05, 4.69) is 54.5 Å². The summed E-state index contributed by atoms with van der Waals surface area (Å²) in [4.78, 5) is 0. The van der Waals surface area contributed by atoms with Crippen molar-refractivity contribution in [2.24, 2.45) is 45.3 Å². The molecule has 370 valence electrons. The van der Waals surface area contributed by atoms with E-state index in [1.807, 2.05) is 6.92 Å². The zero-order valence-electron chi connectivity index (χ0n) is 39.0. The molecule has 0 unspecified atom stereocenters. The van der Waals surface area contributed by atoms with E-state index in [0.717, 1.165) is 38.5 Å². The second-order valence-electron chi connectivity index (χ2n) is 22.5. The Morgan fingerprint density at radius 1 is 0.656 bits per heavy atom. The Labute approximate surface area is 377 Å². The smallest absolute Gasteiger partial charge is 0.187 e. The van der Waals surface area contributed by atoms with Gasteiger partial charge < -0.3 is 84.6 Å². The molecule has 0 bridgehead atoms. The Bertz CT molecular complexity index is 1630. The topological polar surface area (TPSA) is 278 Å². The van der Waals surface area contributed by atoms with Crippen LogP contribution in [0.15, 0.2) is 11.6 Å². The lowest BCUT2D eigenvalue weighted by Crippen LogP contribution is -2.68. The van der Waals surface area contributed by atoms with Gasteiger partial charge in [-0.15, -0.1) is 0 Å². The van der Waals surface area contributed by atoms with Crippen LogP contribution in [0.5, 0.6) is 0 Å². The van der Waals surface area contributed by atoms with Crippen LogP contribution in [-0.2, 0) is 28.4 Å². The van der Waals surface area contributed by atoms with Crippen LogP contribution in [0.1, 0.15) is 113 Å². The number of hydrogen-bond donors (Lipinski definition) is 11. The van der Waals surface area contributed by atoms with E-state index in [1.54, 1.807) is 0 Å². The fourth-order valence-electron chi connectivity index (χ4n) is 14.5. The number of aliphatic hydroxyl groups excluding tert-OH is 10. The fourth-order valence-corrected chi connectivity index (χ4v) is 14.5. The molecule has 7 aliphatic rings. The van der Waals surface area contributed by atoms with Gasteiger partial charge in [0.25, 0.3) is 0 Å². The van der Waals surface area contributed by atoms with E-state index in [-0.39, 0.29) is 39.9 Å². The van der Waals surface area contributed by atoms with Gasteiger partial charge in [0, 0.05) is 0 Å². The van der Waals surface area contributed by atoms with Gasteiger partial charge in [-0.05, 0) is 124 Å². The Morgan fingerprint density at radius 3 is 1.80 bits per heavy atom. The SMILES string of the molecule is CC(C)=CCC[C@](C)(O)[C@H]1CC[C@]2(C)[C@@H]1[C@H](O)C[C@@H]1[C@@]3(C)CC[C@H](O[C@@H]4O[C@H](CO)[C@@H](O)[C@H](O)[C@H]4O[C@@H]4O[C@H](CO)[C@@H](O)[C@H](O)[C@H]4O[C@@H]4OC[C@@H](O)[C@H](O)[C@H]4O)C(C)(C)[C@@H]3CC[C@]12C. The molecule has 7 rings (SSSR count). The van der Waals surface area contributed by atoms with E-state index >= 15 is 0 Å². The quantitative estimate of drug-likeness (QED) is 0.0946. The van der Waals surface area contributed by atoms with Gasteiger partial charge in [-0.2, -0.15) is 0 Å². The van der Waals surface area contributed by atoms with Gasteiger partial charge in [-0.3, -0.25) is 0 Å². The Balaban J connectivity index is 1.12. The van der Waals surface area contributed by atoms with Crippen molar-refractivity contribution in [3.63, 3.8) is 0 Å². The van der Waals surface area contributed by atoms with Crippen LogP contribution in [0.25, 0.3) is 0 Å². The lowest BCUT2D eigenvalue weighted by Gasteiger charge is -2.70. The molecule has 0 aromatic rings. The molecular weight excluding hydrogens is 836 g/mol. The third-order valence-electron chi connectivity index (χ3n) is 18.3. The van der Waals surface area contributed by atoms with Crippen molar-refractivity contribution in [3.8, 4) is 0 Å². The van der Waals surface area contributed by atoms with E-state index < -0.39 is 129 Å². The molecule has 4 aliphatic carbocycles. The maximum atomic E-state index is 12.3. The molecule has 3 heterocycles. The van der Waals surface area contributed by atoms with Crippen molar-refractivity contribution < 1.29 is 84.6 Å². The van der Waals surface area contributed by atoms with Crippen LogP contribution in [0.3, 0.4) is 0 Å². The first-order valence-corrected chi connectivity index (χ1v) is 23.8. The Morgan fingerprint density at radius 2 is 1.22 bits per heavy atom. The minimum absolute atomic E-state index is 0.0120. The number of ether oxygens (including phenoxy) is 6. The number of aliphatic hydroxyl groups is 11. The number of fused-ring (bicyclic) bond motifs is 5. The highest BCUT2D eigenvalue weighted by atomic mass is 16.8. The monoisotopic (exact) mass is 917 g/mol. The number of rotatable bonds is 12. The van der Waals surface area contributed by atoms with E-state index in [4.69, 9.17) is 28.4 Å². The minimum Gasteiger partial charge on any atom is -0.394 e. The minimum atomic E-state index is -1.83. The predicted molar refractivity (Wildman–Crippen MR) is 228 cm³/mol. The van der Waals surface area contributed by atoms with Gasteiger partial charge in [0.15, 0.2) is 18.9 Å². The van der Waals surface area contributed by atoms with Gasteiger partial charge in [0.2, 0.25) is 0 Å². The van der Waals surface area contributed by atoms with Crippen LogP contribution >= 0.6 is 0 Å². The lowest BCUT2D eigenvalue weighted by atomic mass is 9.35. The summed E-state index contributed by atoms with van der Waals surface area (Å²) in [6, 6.07) is 0. The van der Waals surface area contributed by atoms with Crippen molar-refractivity contribution >= 4 is 0 Å². The van der Waals surface area contributed by atoms with Crippen molar-refractivity contribution in [2.75, 3.05) is 19.8 Å². The second kappa shape index (κ2) is 18.8. The molecule has 17 heteroatoms. The van der Waals surface area contributed by atoms with E-state index in [1.165, 1.54) is 5.57 Å². The first-order chi connectivity index (χ1) is 29.9. The average Bonchev–Trinajstić information content (AvgIpc) is 3.62. The molecule has 0 aromatic carbocycles. The second-order valence-corrected chi connectivity index (χ2v) is 22.5. The first-order valence-electron chi connectivity index (χ1n) is 23.8. The molecule has 17 nitrogen and oxygen atoms in total. The molecule has 64 heavy (non-hydrogen) atoms. The molecule has 0 spiro atoms. The molecule has 3 aliphatic heterocycles. The normalized spacial score (nSPS) is 52.5. The van der Waals surface area contributed by atoms with Crippen molar-refractivity contribution in [3.05, 3.63) is 11.6 Å². The summed E-state index contributed by atoms with van der Waals surface area (Å²) >= 11 is 0. The predicted octanol–water partition coefficient (Wildman–Crippen LogP) is 0.612. The maximum absolute atomic E-state index is 12.3. The molecule has 0 aromatic heterocycles. The summed E-state index contributed by atoms with van der Waals surface area (Å²) in [5.74, 6) is 0.264. The summed E-state index contributed by atoms with van der Waals surface area (Å²) in [7, 11) is 0. The molecule has 0 amide bonds. The zero-order valence-corrected chi connectivity index (χ0v) is 39.0. The van der Waals surface area contributed by atoms with E-state index in [0.29, 0.717) is 19.3 Å². The Kier molecular flexibility index (Phi) is 14.9. The third kappa shape index (κ3) is 8.60. The molecule has 0 radical (unpaired) electrons. The van der Waals surface area contributed by atoms with Gasteiger partial charge in [-0.25, -0.2) is 0 Å². The molecule has 11 N–H and O–H groups in total. The van der Waals surface area contributed by atoms with Gasteiger partial charge in [0.05, 0.1) is 37.6 Å². The van der Waals surface area contributed by atoms with Crippen molar-refractivity contribution in [1.29, 1.82) is 0 Å². The third-order valence-corrected chi connectivity index (χ3v) is 18.3. The zero-order chi connectivity index (χ0) is 47.1. The average molecular weight is 917 g/mol. The molecule has 24 atom stereocenters. The van der Waals surface area contributed by atoms with Crippen LogP contribution in [0.2, 0.25) is 0 Å². The van der Waals surface area contributed by atoms with Gasteiger partial charge in [0.1, 0.15) is 67.1 Å². The first kappa shape index (κ1) is 50.9. The maximum Gasteiger partial charge on any atom is 0.187 e. The van der Waals surface area contributed by atoms with Crippen LogP contribution in [0, 0.1) is 45.3 Å². The molecular formula is C47H80O17. The van der Waals surface area contributed by atoms with Crippen molar-refractivity contribution in [2.45, 2.75) is 217 Å². The highest BCUT2D eigenvalue weighted by Gasteiger charge is 2.71. The van der Waals surface area contributed by atoms with Crippen molar-refractivity contribution in [1.82, 2.24) is 0 Å². The largest absolute Gasteiger partial charge is 0.394 e. The summed E-state index contributed by atoms with van der Waals surface area (Å²) in [6.45, 7) is 15.7. The van der Waals surface area contributed by atoms with Crippen LogP contribution < -0.4 is 0 Å². The highest BCUT2D eigenvalue weighted by Crippen LogP contribution is 2.76.